The lowest BCUT2D eigenvalue weighted by Gasteiger charge is -2.17. The normalized spacial score (nSPS) is 13.6. The molecule has 3 aromatic carbocycles. The zero-order valence-corrected chi connectivity index (χ0v) is 15.4. The zero-order chi connectivity index (χ0) is 18.5. The van der Waals surface area contributed by atoms with Gasteiger partial charge in [0, 0.05) is 30.9 Å². The minimum atomic E-state index is -0.0433. The third-order valence-electron chi connectivity index (χ3n) is 5.11. The standard InChI is InChI=1S/C24H24N2O/c27-24(22-12-10-21(11-13-22)20-6-2-1-3-7-20)25-18-19-8-14-23(15-9-19)26-16-4-5-17-26/h1-3,6-15H,4-5,16-18H2,(H,25,27). The molecular formula is C24H24N2O. The highest BCUT2D eigenvalue weighted by Crippen LogP contribution is 2.21. The van der Waals surface area contributed by atoms with Crippen LogP contribution in [0.3, 0.4) is 0 Å². The van der Waals surface area contributed by atoms with Crippen LogP contribution in [0.2, 0.25) is 0 Å². The first-order valence-electron chi connectivity index (χ1n) is 9.57. The fraction of sp³-hybridized carbons (Fsp3) is 0.208. The average molecular weight is 356 g/mol. The van der Waals surface area contributed by atoms with E-state index in [2.05, 4.69) is 46.6 Å². The van der Waals surface area contributed by atoms with Gasteiger partial charge in [-0.3, -0.25) is 4.79 Å². The average Bonchev–Trinajstić information content (AvgIpc) is 3.28. The quantitative estimate of drug-likeness (QED) is 0.706. The Bertz CT molecular complexity index is 880. The van der Waals surface area contributed by atoms with Crippen LogP contribution in [0.15, 0.2) is 78.9 Å². The minimum Gasteiger partial charge on any atom is -0.372 e. The van der Waals surface area contributed by atoms with Crippen molar-refractivity contribution in [1.29, 1.82) is 0 Å². The summed E-state index contributed by atoms with van der Waals surface area (Å²) in [5.41, 5.74) is 5.35. The van der Waals surface area contributed by atoms with E-state index in [1.807, 2.05) is 42.5 Å². The van der Waals surface area contributed by atoms with Crippen LogP contribution in [-0.4, -0.2) is 19.0 Å². The molecule has 0 bridgehead atoms. The molecule has 0 saturated carbocycles. The van der Waals surface area contributed by atoms with Crippen molar-refractivity contribution in [3.63, 3.8) is 0 Å². The molecule has 0 aliphatic carbocycles. The van der Waals surface area contributed by atoms with Crippen LogP contribution in [-0.2, 0) is 6.54 Å². The lowest BCUT2D eigenvalue weighted by molar-refractivity contribution is 0.0951. The van der Waals surface area contributed by atoms with Crippen molar-refractivity contribution < 1.29 is 4.79 Å². The Morgan fingerprint density at radius 3 is 2.07 bits per heavy atom. The molecule has 1 heterocycles. The number of anilines is 1. The van der Waals surface area contributed by atoms with Gasteiger partial charge < -0.3 is 10.2 Å². The smallest absolute Gasteiger partial charge is 0.251 e. The van der Waals surface area contributed by atoms with Crippen LogP contribution in [0.4, 0.5) is 5.69 Å². The Labute approximate surface area is 160 Å². The minimum absolute atomic E-state index is 0.0433. The number of hydrogen-bond donors (Lipinski definition) is 1. The van der Waals surface area contributed by atoms with Crippen LogP contribution in [0.5, 0.6) is 0 Å². The Balaban J connectivity index is 1.35. The van der Waals surface area contributed by atoms with E-state index in [0.717, 1.165) is 29.8 Å². The van der Waals surface area contributed by atoms with Crippen molar-refractivity contribution in [2.75, 3.05) is 18.0 Å². The van der Waals surface area contributed by atoms with Gasteiger partial charge in [-0.25, -0.2) is 0 Å². The maximum atomic E-state index is 12.4. The van der Waals surface area contributed by atoms with Gasteiger partial charge in [0.25, 0.3) is 5.91 Å². The summed E-state index contributed by atoms with van der Waals surface area (Å²) in [7, 11) is 0. The van der Waals surface area contributed by atoms with Gasteiger partial charge in [0.2, 0.25) is 0 Å². The Hall–Kier alpha value is -3.07. The SMILES string of the molecule is O=C(NCc1ccc(N2CCCC2)cc1)c1ccc(-c2ccccc2)cc1. The summed E-state index contributed by atoms with van der Waals surface area (Å²) in [6.07, 6.45) is 2.56. The van der Waals surface area contributed by atoms with Crippen molar-refractivity contribution in [1.82, 2.24) is 5.32 Å². The van der Waals surface area contributed by atoms with Gasteiger partial charge in [-0.15, -0.1) is 0 Å². The molecule has 1 aliphatic heterocycles. The first-order valence-corrected chi connectivity index (χ1v) is 9.57. The number of hydrogen-bond acceptors (Lipinski definition) is 2. The maximum absolute atomic E-state index is 12.4. The molecule has 1 amide bonds. The molecular weight excluding hydrogens is 332 g/mol. The molecule has 0 unspecified atom stereocenters. The Morgan fingerprint density at radius 2 is 1.41 bits per heavy atom. The molecule has 3 aromatic rings. The monoisotopic (exact) mass is 356 g/mol. The summed E-state index contributed by atoms with van der Waals surface area (Å²) in [5, 5.41) is 3.01. The molecule has 27 heavy (non-hydrogen) atoms. The second-order valence-electron chi connectivity index (χ2n) is 6.99. The highest BCUT2D eigenvalue weighted by molar-refractivity contribution is 5.94. The van der Waals surface area contributed by atoms with E-state index in [0.29, 0.717) is 12.1 Å². The maximum Gasteiger partial charge on any atom is 0.251 e. The second-order valence-corrected chi connectivity index (χ2v) is 6.99. The molecule has 1 N–H and O–H groups in total. The first kappa shape index (κ1) is 17.3. The third kappa shape index (κ3) is 4.20. The Kier molecular flexibility index (Phi) is 5.20. The van der Waals surface area contributed by atoms with Crippen LogP contribution >= 0.6 is 0 Å². The Morgan fingerprint density at radius 1 is 0.778 bits per heavy atom. The predicted octanol–water partition coefficient (Wildman–Crippen LogP) is 4.88. The van der Waals surface area contributed by atoms with Gasteiger partial charge in [-0.05, 0) is 53.8 Å². The molecule has 0 radical (unpaired) electrons. The van der Waals surface area contributed by atoms with E-state index in [1.54, 1.807) is 0 Å². The van der Waals surface area contributed by atoms with Crippen molar-refractivity contribution >= 4 is 11.6 Å². The van der Waals surface area contributed by atoms with Crippen molar-refractivity contribution in [3.8, 4) is 11.1 Å². The number of nitrogens with zero attached hydrogens (tertiary/aromatic N) is 1. The molecule has 136 valence electrons. The second kappa shape index (κ2) is 8.09. The summed E-state index contributed by atoms with van der Waals surface area (Å²) in [4.78, 5) is 14.8. The molecule has 3 nitrogen and oxygen atoms in total. The van der Waals surface area contributed by atoms with Crippen LogP contribution < -0.4 is 10.2 Å². The van der Waals surface area contributed by atoms with Crippen molar-refractivity contribution in [2.45, 2.75) is 19.4 Å². The molecule has 0 aromatic heterocycles. The van der Waals surface area contributed by atoms with Gasteiger partial charge in [0.05, 0.1) is 0 Å². The largest absolute Gasteiger partial charge is 0.372 e. The number of rotatable bonds is 5. The number of amides is 1. The van der Waals surface area contributed by atoms with E-state index >= 15 is 0 Å². The first-order chi connectivity index (χ1) is 13.3. The highest BCUT2D eigenvalue weighted by atomic mass is 16.1. The molecule has 0 atom stereocenters. The molecule has 1 aliphatic rings. The van der Waals surface area contributed by atoms with E-state index in [-0.39, 0.29) is 5.91 Å². The summed E-state index contributed by atoms with van der Waals surface area (Å²) < 4.78 is 0. The summed E-state index contributed by atoms with van der Waals surface area (Å²) in [6.45, 7) is 2.84. The van der Waals surface area contributed by atoms with Gasteiger partial charge in [-0.1, -0.05) is 54.6 Å². The van der Waals surface area contributed by atoms with Gasteiger partial charge >= 0.3 is 0 Å². The zero-order valence-electron chi connectivity index (χ0n) is 15.4. The van der Waals surface area contributed by atoms with Crippen molar-refractivity contribution in [2.24, 2.45) is 0 Å². The van der Waals surface area contributed by atoms with Gasteiger partial charge in [0.1, 0.15) is 0 Å². The summed E-state index contributed by atoms with van der Waals surface area (Å²) in [5.74, 6) is -0.0433. The number of carbonyl (C=O) groups excluding carboxylic acids is 1. The molecule has 3 heteroatoms. The van der Waals surface area contributed by atoms with Crippen LogP contribution in [0, 0.1) is 0 Å². The number of benzene rings is 3. The fourth-order valence-electron chi connectivity index (χ4n) is 3.53. The topological polar surface area (TPSA) is 32.3 Å². The van der Waals surface area contributed by atoms with E-state index in [9.17, 15) is 4.79 Å². The van der Waals surface area contributed by atoms with Crippen LogP contribution in [0.1, 0.15) is 28.8 Å². The van der Waals surface area contributed by atoms with Gasteiger partial charge in [-0.2, -0.15) is 0 Å². The third-order valence-corrected chi connectivity index (χ3v) is 5.11. The molecule has 0 spiro atoms. The number of nitrogens with one attached hydrogen (secondary N) is 1. The molecule has 1 saturated heterocycles. The lowest BCUT2D eigenvalue weighted by atomic mass is 10.0. The predicted molar refractivity (Wildman–Crippen MR) is 111 cm³/mol. The number of carbonyl (C=O) groups is 1. The fourth-order valence-corrected chi connectivity index (χ4v) is 3.53. The molecule has 4 rings (SSSR count). The molecule has 1 fully saturated rings. The highest BCUT2D eigenvalue weighted by Gasteiger charge is 2.12. The lowest BCUT2D eigenvalue weighted by Crippen LogP contribution is -2.23. The van der Waals surface area contributed by atoms with E-state index < -0.39 is 0 Å². The summed E-state index contributed by atoms with van der Waals surface area (Å²) >= 11 is 0. The van der Waals surface area contributed by atoms with E-state index in [4.69, 9.17) is 0 Å². The van der Waals surface area contributed by atoms with E-state index in [1.165, 1.54) is 18.5 Å². The van der Waals surface area contributed by atoms with Crippen molar-refractivity contribution in [3.05, 3.63) is 90.0 Å². The van der Waals surface area contributed by atoms with Crippen LogP contribution in [0.25, 0.3) is 11.1 Å². The summed E-state index contributed by atoms with van der Waals surface area (Å²) in [6, 6.07) is 26.5. The van der Waals surface area contributed by atoms with Gasteiger partial charge in [0.15, 0.2) is 0 Å².